The quantitative estimate of drug-likeness (QED) is 0.247. The number of nitrogens with zero attached hydrogens (tertiary/aromatic N) is 4. The molecule has 1 N–H and O–H groups in total. The van der Waals surface area contributed by atoms with Crippen LogP contribution < -0.4 is 5.32 Å². The lowest BCUT2D eigenvalue weighted by atomic mass is 9.97. The summed E-state index contributed by atoms with van der Waals surface area (Å²) >= 11 is 12.3. The van der Waals surface area contributed by atoms with Gasteiger partial charge in [0.25, 0.3) is 0 Å². The molecule has 2 aromatic heterocycles. The van der Waals surface area contributed by atoms with Crippen LogP contribution in [0.25, 0.3) is 33.2 Å². The smallest absolute Gasteiger partial charge is 0.241 e. The molecule has 9 heteroatoms. The Balaban J connectivity index is 1.14. The summed E-state index contributed by atoms with van der Waals surface area (Å²) in [7, 11) is 0. The van der Waals surface area contributed by atoms with E-state index in [2.05, 4.69) is 68.2 Å². The Morgan fingerprint density at radius 3 is 2.76 bits per heavy atom. The van der Waals surface area contributed by atoms with Crippen molar-refractivity contribution in [1.29, 1.82) is 0 Å². The second-order valence-electron chi connectivity index (χ2n) is 9.69. The second-order valence-corrected chi connectivity index (χ2v) is 10.5. The number of aromatic nitrogens is 3. The third-order valence-corrected chi connectivity index (χ3v) is 7.78. The van der Waals surface area contributed by atoms with Gasteiger partial charge >= 0.3 is 0 Å². The summed E-state index contributed by atoms with van der Waals surface area (Å²) in [4.78, 5) is 20.0. The zero-order valence-electron chi connectivity index (χ0n) is 21.0. The van der Waals surface area contributed by atoms with Crippen molar-refractivity contribution in [2.75, 3.05) is 18.4 Å². The number of hydrogen-bond donors (Lipinski definition) is 1. The Bertz CT molecular complexity index is 1640. The highest BCUT2D eigenvalue weighted by Crippen LogP contribution is 2.32. The molecule has 5 aromatic rings. The van der Waals surface area contributed by atoms with Crippen LogP contribution in [0.4, 0.5) is 5.69 Å². The molecular weight excluding hydrogens is 521 g/mol. The van der Waals surface area contributed by atoms with Gasteiger partial charge < -0.3 is 14.4 Å². The van der Waals surface area contributed by atoms with E-state index in [0.29, 0.717) is 40.4 Å². The SMILES string of the molecule is CCn1c2ccccc2c2cc(NC(=O)C3CCCN(Cc4nc(-c5ccc(Cl)cc5Cl)no4)C3)ccc21. The third-order valence-electron chi connectivity index (χ3n) is 7.23. The van der Waals surface area contributed by atoms with Gasteiger partial charge in [-0.15, -0.1) is 0 Å². The predicted octanol–water partition coefficient (Wildman–Crippen LogP) is 7.02. The third kappa shape index (κ3) is 4.77. The predicted molar refractivity (Wildman–Crippen MR) is 152 cm³/mol. The lowest BCUT2D eigenvalue weighted by Crippen LogP contribution is -2.40. The van der Waals surface area contributed by atoms with Crippen molar-refractivity contribution in [2.45, 2.75) is 32.9 Å². The van der Waals surface area contributed by atoms with Gasteiger partial charge in [-0.2, -0.15) is 4.98 Å². The van der Waals surface area contributed by atoms with E-state index < -0.39 is 0 Å². The molecule has 6 rings (SSSR count). The molecule has 1 aliphatic heterocycles. The highest BCUT2D eigenvalue weighted by Gasteiger charge is 2.27. The summed E-state index contributed by atoms with van der Waals surface area (Å²) in [5.41, 5.74) is 3.87. The average molecular weight is 548 g/mol. The number of nitrogens with one attached hydrogen (secondary N) is 1. The van der Waals surface area contributed by atoms with E-state index in [1.54, 1.807) is 18.2 Å². The number of anilines is 1. The van der Waals surface area contributed by atoms with Crippen LogP contribution in [0.2, 0.25) is 10.0 Å². The maximum absolute atomic E-state index is 13.3. The molecule has 0 saturated carbocycles. The van der Waals surface area contributed by atoms with Crippen LogP contribution in [0.5, 0.6) is 0 Å². The number of para-hydroxylation sites is 1. The minimum atomic E-state index is -0.121. The lowest BCUT2D eigenvalue weighted by Gasteiger charge is -2.30. The standard InChI is InChI=1S/C29H27Cl2N5O2/c1-2-36-25-8-4-3-7-21(25)23-15-20(10-12-26(23)36)32-29(37)18-6-5-13-35(16-18)17-27-33-28(34-38-27)22-11-9-19(30)14-24(22)31/h3-4,7-12,14-15,18H,2,5-6,13,16-17H2,1H3,(H,32,37). The van der Waals surface area contributed by atoms with E-state index in [1.165, 1.54) is 16.4 Å². The molecule has 38 heavy (non-hydrogen) atoms. The molecule has 1 aliphatic rings. The number of carbonyl (C=O) groups excluding carboxylic acids is 1. The van der Waals surface area contributed by atoms with Gasteiger partial charge in [-0.25, -0.2) is 0 Å². The van der Waals surface area contributed by atoms with Crippen molar-refractivity contribution in [3.05, 3.63) is 76.6 Å². The van der Waals surface area contributed by atoms with Gasteiger partial charge in [0.15, 0.2) is 0 Å². The Morgan fingerprint density at radius 1 is 1.08 bits per heavy atom. The summed E-state index contributed by atoms with van der Waals surface area (Å²) in [6.45, 7) is 5.01. The maximum Gasteiger partial charge on any atom is 0.241 e. The van der Waals surface area contributed by atoms with Crippen molar-refractivity contribution < 1.29 is 9.32 Å². The first-order chi connectivity index (χ1) is 18.5. The largest absolute Gasteiger partial charge is 0.341 e. The zero-order valence-corrected chi connectivity index (χ0v) is 22.5. The number of rotatable bonds is 6. The fourth-order valence-electron chi connectivity index (χ4n) is 5.42. The van der Waals surface area contributed by atoms with Gasteiger partial charge in [-0.1, -0.05) is 46.6 Å². The Hall–Kier alpha value is -3.39. The number of amides is 1. The number of halogens is 2. The monoisotopic (exact) mass is 547 g/mol. The van der Waals surface area contributed by atoms with Gasteiger partial charge in [-0.05, 0) is 68.8 Å². The van der Waals surface area contributed by atoms with Gasteiger partial charge in [0.2, 0.25) is 17.6 Å². The van der Waals surface area contributed by atoms with Crippen LogP contribution in [0.15, 0.2) is 65.2 Å². The number of likely N-dealkylation sites (tertiary alicyclic amines) is 1. The highest BCUT2D eigenvalue weighted by molar-refractivity contribution is 6.36. The molecule has 3 aromatic carbocycles. The van der Waals surface area contributed by atoms with Gasteiger partial charge in [-0.3, -0.25) is 9.69 Å². The number of fused-ring (bicyclic) bond motifs is 3. The van der Waals surface area contributed by atoms with Crippen LogP contribution in [0, 0.1) is 5.92 Å². The van der Waals surface area contributed by atoms with Gasteiger partial charge in [0.1, 0.15) is 0 Å². The van der Waals surface area contributed by atoms with E-state index in [4.69, 9.17) is 27.7 Å². The first kappa shape index (κ1) is 24.9. The number of piperidine rings is 1. The molecule has 0 aliphatic carbocycles. The van der Waals surface area contributed by atoms with Crippen molar-refractivity contribution in [3.63, 3.8) is 0 Å². The summed E-state index contributed by atoms with van der Waals surface area (Å²) in [6.07, 6.45) is 1.76. The van der Waals surface area contributed by atoms with Crippen molar-refractivity contribution >= 4 is 56.6 Å². The molecular formula is C29H27Cl2N5O2. The molecule has 1 amide bonds. The summed E-state index contributed by atoms with van der Waals surface area (Å²) in [5.74, 6) is 0.828. The molecule has 0 spiro atoms. The average Bonchev–Trinajstić information content (AvgIpc) is 3.50. The summed E-state index contributed by atoms with van der Waals surface area (Å²) in [6, 6.07) is 19.8. The molecule has 194 valence electrons. The zero-order chi connectivity index (χ0) is 26.2. The number of aryl methyl sites for hydroxylation is 1. The minimum absolute atomic E-state index is 0.0347. The van der Waals surface area contributed by atoms with Crippen molar-refractivity contribution in [1.82, 2.24) is 19.6 Å². The van der Waals surface area contributed by atoms with E-state index in [-0.39, 0.29) is 11.8 Å². The fraction of sp³-hybridized carbons (Fsp3) is 0.276. The normalized spacial score (nSPS) is 16.3. The van der Waals surface area contributed by atoms with E-state index in [9.17, 15) is 4.79 Å². The first-order valence-electron chi connectivity index (χ1n) is 12.8. The first-order valence-corrected chi connectivity index (χ1v) is 13.6. The van der Waals surface area contributed by atoms with Crippen LogP contribution in [0.3, 0.4) is 0 Å². The fourth-order valence-corrected chi connectivity index (χ4v) is 5.91. The second kappa shape index (κ2) is 10.4. The van der Waals surface area contributed by atoms with Crippen LogP contribution >= 0.6 is 23.2 Å². The van der Waals surface area contributed by atoms with E-state index in [1.807, 2.05) is 6.07 Å². The summed E-state index contributed by atoms with van der Waals surface area (Å²) < 4.78 is 7.79. The topological polar surface area (TPSA) is 76.2 Å². The van der Waals surface area contributed by atoms with Crippen LogP contribution in [-0.4, -0.2) is 38.6 Å². The maximum atomic E-state index is 13.3. The van der Waals surface area contributed by atoms with Gasteiger partial charge in [0.05, 0.1) is 17.5 Å². The lowest BCUT2D eigenvalue weighted by molar-refractivity contribution is -0.121. The molecule has 1 atom stereocenters. The molecule has 0 bridgehead atoms. The highest BCUT2D eigenvalue weighted by atomic mass is 35.5. The number of hydrogen-bond acceptors (Lipinski definition) is 5. The Kier molecular flexibility index (Phi) is 6.82. The molecule has 3 heterocycles. The Labute approximate surface area is 230 Å². The number of carbonyl (C=O) groups is 1. The Morgan fingerprint density at radius 2 is 1.92 bits per heavy atom. The number of benzene rings is 3. The molecule has 1 unspecified atom stereocenters. The minimum Gasteiger partial charge on any atom is -0.341 e. The molecule has 1 saturated heterocycles. The van der Waals surface area contributed by atoms with E-state index >= 15 is 0 Å². The molecule has 0 radical (unpaired) electrons. The van der Waals surface area contributed by atoms with Crippen molar-refractivity contribution in [3.8, 4) is 11.4 Å². The molecule has 1 fully saturated rings. The van der Waals surface area contributed by atoms with Crippen molar-refractivity contribution in [2.24, 2.45) is 5.92 Å². The molecule has 7 nitrogen and oxygen atoms in total. The summed E-state index contributed by atoms with van der Waals surface area (Å²) in [5, 5.41) is 10.6. The van der Waals surface area contributed by atoms with Gasteiger partial charge in [0, 0.05) is 51.2 Å². The van der Waals surface area contributed by atoms with Crippen LogP contribution in [-0.2, 0) is 17.9 Å². The van der Waals surface area contributed by atoms with Crippen LogP contribution in [0.1, 0.15) is 25.7 Å². The van der Waals surface area contributed by atoms with E-state index in [0.717, 1.165) is 37.0 Å².